The largest absolute Gasteiger partial charge is 0.327 e. The van der Waals surface area contributed by atoms with Gasteiger partial charge in [-0.15, -0.1) is 0 Å². The van der Waals surface area contributed by atoms with Gasteiger partial charge in [0.25, 0.3) is 0 Å². The lowest BCUT2D eigenvalue weighted by atomic mass is 10.1. The average molecular weight is 173 g/mol. The summed E-state index contributed by atoms with van der Waals surface area (Å²) in [5.41, 5.74) is 5.79. The van der Waals surface area contributed by atoms with Crippen LogP contribution in [0.2, 0.25) is 0 Å². The second kappa shape index (κ2) is 5.51. The van der Waals surface area contributed by atoms with Gasteiger partial charge in [-0.25, -0.2) is 0 Å². The van der Waals surface area contributed by atoms with Crippen LogP contribution in [-0.2, 0) is 0 Å². The summed E-state index contributed by atoms with van der Waals surface area (Å²) in [5, 5.41) is 0. The van der Waals surface area contributed by atoms with Crippen LogP contribution in [-0.4, -0.2) is 56.1 Å². The van der Waals surface area contributed by atoms with E-state index in [0.717, 1.165) is 13.1 Å². The van der Waals surface area contributed by atoms with E-state index in [9.17, 15) is 0 Å². The van der Waals surface area contributed by atoms with Crippen molar-refractivity contribution >= 4 is 0 Å². The van der Waals surface area contributed by atoms with Gasteiger partial charge in [0.1, 0.15) is 0 Å². The molecule has 0 bridgehead atoms. The minimum Gasteiger partial charge on any atom is -0.327 e. The van der Waals surface area contributed by atoms with E-state index in [1.54, 1.807) is 0 Å². The van der Waals surface area contributed by atoms with Gasteiger partial charge in [0.05, 0.1) is 0 Å². The van der Waals surface area contributed by atoms with E-state index in [1.165, 1.54) is 0 Å². The normalized spacial score (nSPS) is 17.0. The predicted octanol–water partition coefficient (Wildman–Crippen LogP) is 0.216. The third-order valence-corrected chi connectivity index (χ3v) is 2.36. The number of hydrogen-bond donors (Lipinski definition) is 1. The fourth-order valence-electron chi connectivity index (χ4n) is 0.963. The molecule has 0 aliphatic heterocycles. The van der Waals surface area contributed by atoms with Crippen molar-refractivity contribution in [2.24, 2.45) is 5.73 Å². The molecule has 0 aromatic heterocycles. The Hall–Kier alpha value is -0.120. The highest BCUT2D eigenvalue weighted by Crippen LogP contribution is 1.98. The van der Waals surface area contributed by atoms with Crippen LogP contribution < -0.4 is 5.73 Å². The predicted molar refractivity (Wildman–Crippen MR) is 54.3 cm³/mol. The zero-order valence-electron chi connectivity index (χ0n) is 9.04. The second-order valence-corrected chi connectivity index (χ2v) is 3.88. The highest BCUT2D eigenvalue weighted by molar-refractivity contribution is 4.72. The third kappa shape index (κ3) is 4.70. The summed E-state index contributed by atoms with van der Waals surface area (Å²) in [4.78, 5) is 4.48. The topological polar surface area (TPSA) is 32.5 Å². The molecule has 0 aromatic carbocycles. The first-order valence-corrected chi connectivity index (χ1v) is 4.55. The molecule has 0 heterocycles. The number of nitrogens with zero attached hydrogens (tertiary/aromatic N) is 2. The Bertz CT molecular complexity index is 112. The first-order chi connectivity index (χ1) is 5.45. The summed E-state index contributed by atoms with van der Waals surface area (Å²) in [6.45, 7) is 6.39. The standard InChI is InChI=1S/C9H23N3/c1-8(10)9(2)12(5)7-6-11(3)4/h8-9H,6-7,10H2,1-5H3. The SMILES string of the molecule is CC(N)C(C)N(C)CCN(C)C. The van der Waals surface area contributed by atoms with Crippen LogP contribution in [0.15, 0.2) is 0 Å². The van der Waals surface area contributed by atoms with Gasteiger partial charge in [0.2, 0.25) is 0 Å². The smallest absolute Gasteiger partial charge is 0.0213 e. The van der Waals surface area contributed by atoms with Gasteiger partial charge in [-0.2, -0.15) is 0 Å². The summed E-state index contributed by atoms with van der Waals surface area (Å²) >= 11 is 0. The van der Waals surface area contributed by atoms with Gasteiger partial charge in [0, 0.05) is 25.2 Å². The third-order valence-electron chi connectivity index (χ3n) is 2.36. The van der Waals surface area contributed by atoms with Gasteiger partial charge in [-0.1, -0.05) is 0 Å². The van der Waals surface area contributed by atoms with E-state index < -0.39 is 0 Å². The van der Waals surface area contributed by atoms with Gasteiger partial charge in [0.15, 0.2) is 0 Å². The molecular formula is C9H23N3. The molecule has 3 heteroatoms. The Labute approximate surface area is 76.5 Å². The van der Waals surface area contributed by atoms with Crippen LogP contribution in [0.3, 0.4) is 0 Å². The summed E-state index contributed by atoms with van der Waals surface area (Å²) in [5.74, 6) is 0. The minimum absolute atomic E-state index is 0.247. The highest BCUT2D eigenvalue weighted by atomic mass is 15.2. The molecule has 0 amide bonds. The minimum atomic E-state index is 0.247. The molecule has 0 fully saturated rings. The molecule has 74 valence electrons. The number of nitrogens with two attached hydrogens (primary N) is 1. The van der Waals surface area contributed by atoms with E-state index in [0.29, 0.717) is 6.04 Å². The Kier molecular flexibility index (Phi) is 5.46. The van der Waals surface area contributed by atoms with Crippen LogP contribution in [0, 0.1) is 0 Å². The molecule has 2 N–H and O–H groups in total. The lowest BCUT2D eigenvalue weighted by Gasteiger charge is -2.28. The molecule has 0 aromatic rings. The van der Waals surface area contributed by atoms with Crippen molar-refractivity contribution in [3.8, 4) is 0 Å². The number of hydrogen-bond acceptors (Lipinski definition) is 3. The lowest BCUT2D eigenvalue weighted by molar-refractivity contribution is 0.210. The summed E-state index contributed by atoms with van der Waals surface area (Å²) in [7, 11) is 6.30. The van der Waals surface area contributed by atoms with Crippen LogP contribution in [0.5, 0.6) is 0 Å². The lowest BCUT2D eigenvalue weighted by Crippen LogP contribution is -2.44. The Morgan fingerprint density at radius 3 is 1.92 bits per heavy atom. The maximum absolute atomic E-state index is 5.79. The molecule has 12 heavy (non-hydrogen) atoms. The van der Waals surface area contributed by atoms with Crippen molar-refractivity contribution in [2.75, 3.05) is 34.2 Å². The van der Waals surface area contributed by atoms with Crippen molar-refractivity contribution in [2.45, 2.75) is 25.9 Å². The molecule has 0 aliphatic carbocycles. The second-order valence-electron chi connectivity index (χ2n) is 3.88. The van der Waals surface area contributed by atoms with Gasteiger partial charge >= 0.3 is 0 Å². The van der Waals surface area contributed by atoms with Gasteiger partial charge in [-0.05, 0) is 35.0 Å². The monoisotopic (exact) mass is 173 g/mol. The van der Waals surface area contributed by atoms with Gasteiger partial charge in [-0.3, -0.25) is 0 Å². The van der Waals surface area contributed by atoms with Crippen LogP contribution in [0.25, 0.3) is 0 Å². The molecule has 0 saturated heterocycles. The van der Waals surface area contributed by atoms with Crippen molar-refractivity contribution in [3.05, 3.63) is 0 Å². The van der Waals surface area contributed by atoms with E-state index in [4.69, 9.17) is 5.73 Å². The summed E-state index contributed by atoms with van der Waals surface area (Å²) in [6, 6.07) is 0.710. The van der Waals surface area contributed by atoms with Crippen molar-refractivity contribution in [1.29, 1.82) is 0 Å². The van der Waals surface area contributed by atoms with E-state index in [-0.39, 0.29) is 6.04 Å². The van der Waals surface area contributed by atoms with Crippen LogP contribution in [0.4, 0.5) is 0 Å². The quantitative estimate of drug-likeness (QED) is 0.645. The van der Waals surface area contributed by atoms with Crippen molar-refractivity contribution in [3.63, 3.8) is 0 Å². The maximum atomic E-state index is 5.79. The molecule has 0 saturated carbocycles. The van der Waals surface area contributed by atoms with E-state index in [2.05, 4.69) is 44.8 Å². The Balaban J connectivity index is 3.64. The molecule has 2 atom stereocenters. The fourth-order valence-corrected chi connectivity index (χ4v) is 0.963. The zero-order valence-corrected chi connectivity index (χ0v) is 9.04. The Morgan fingerprint density at radius 2 is 1.58 bits per heavy atom. The molecule has 0 radical (unpaired) electrons. The van der Waals surface area contributed by atoms with E-state index in [1.807, 2.05) is 0 Å². The molecule has 0 aliphatic rings. The van der Waals surface area contributed by atoms with Crippen LogP contribution in [0.1, 0.15) is 13.8 Å². The van der Waals surface area contributed by atoms with E-state index >= 15 is 0 Å². The van der Waals surface area contributed by atoms with Crippen molar-refractivity contribution < 1.29 is 0 Å². The Morgan fingerprint density at radius 1 is 1.08 bits per heavy atom. The van der Waals surface area contributed by atoms with Crippen molar-refractivity contribution in [1.82, 2.24) is 9.80 Å². The maximum Gasteiger partial charge on any atom is 0.0213 e. The molecule has 0 rings (SSSR count). The number of rotatable bonds is 5. The molecule has 3 nitrogen and oxygen atoms in total. The zero-order chi connectivity index (χ0) is 9.72. The summed E-state index contributed by atoms with van der Waals surface area (Å²) in [6.07, 6.45) is 0. The van der Waals surface area contributed by atoms with Gasteiger partial charge < -0.3 is 15.5 Å². The first kappa shape index (κ1) is 11.9. The highest BCUT2D eigenvalue weighted by Gasteiger charge is 2.12. The molecular weight excluding hydrogens is 150 g/mol. The average Bonchev–Trinajstić information content (AvgIpc) is 1.98. The first-order valence-electron chi connectivity index (χ1n) is 4.55. The molecule has 0 spiro atoms. The number of likely N-dealkylation sites (N-methyl/N-ethyl adjacent to an activating group) is 2. The van der Waals surface area contributed by atoms with Crippen LogP contribution >= 0.6 is 0 Å². The fraction of sp³-hybridized carbons (Fsp3) is 1.00. The summed E-state index contributed by atoms with van der Waals surface area (Å²) < 4.78 is 0. The molecule has 2 unspecified atom stereocenters.